The van der Waals surface area contributed by atoms with Gasteiger partial charge in [-0.25, -0.2) is 4.79 Å². The molecule has 0 aliphatic carbocycles. The predicted octanol–water partition coefficient (Wildman–Crippen LogP) is 2.89. The van der Waals surface area contributed by atoms with Gasteiger partial charge in [0.05, 0.1) is 5.69 Å². The lowest BCUT2D eigenvalue weighted by Crippen LogP contribution is -2.48. The molecule has 124 valence electrons. The van der Waals surface area contributed by atoms with E-state index in [9.17, 15) is 9.59 Å². The second-order valence-corrected chi connectivity index (χ2v) is 5.65. The fourth-order valence-electron chi connectivity index (χ4n) is 2.90. The van der Waals surface area contributed by atoms with E-state index in [0.29, 0.717) is 13.0 Å². The number of hydrogen-bond acceptors (Lipinski definition) is 3. The molecule has 1 atom stereocenters. The van der Waals surface area contributed by atoms with E-state index in [1.54, 1.807) is 0 Å². The minimum atomic E-state index is -0.564. The second-order valence-electron chi connectivity index (χ2n) is 5.65. The Morgan fingerprint density at radius 3 is 2.58 bits per heavy atom. The van der Waals surface area contributed by atoms with Crippen LogP contribution in [0.15, 0.2) is 54.6 Å². The molecule has 1 aliphatic rings. The van der Waals surface area contributed by atoms with E-state index in [1.165, 1.54) is 4.90 Å². The van der Waals surface area contributed by atoms with Crippen LogP contribution >= 0.6 is 0 Å². The summed E-state index contributed by atoms with van der Waals surface area (Å²) in [5, 5.41) is 2.79. The Morgan fingerprint density at radius 2 is 1.83 bits per heavy atom. The molecule has 1 aliphatic heterocycles. The molecule has 0 unspecified atom stereocenters. The van der Waals surface area contributed by atoms with Gasteiger partial charge in [0.15, 0.2) is 0 Å². The predicted molar refractivity (Wildman–Crippen MR) is 91.7 cm³/mol. The number of carbonyl (C=O) groups is 2. The van der Waals surface area contributed by atoms with Crippen LogP contribution in [0.5, 0.6) is 0 Å². The smallest absolute Gasteiger partial charge is 0.415 e. The maximum atomic E-state index is 12.6. The zero-order valence-corrected chi connectivity index (χ0v) is 13.6. The van der Waals surface area contributed by atoms with Crippen LogP contribution in [-0.4, -0.2) is 24.6 Å². The average molecular weight is 324 g/mol. The first-order valence-electron chi connectivity index (χ1n) is 8.06. The Balaban J connectivity index is 1.78. The largest absolute Gasteiger partial charge is 0.444 e. The molecule has 2 amide bonds. The van der Waals surface area contributed by atoms with Gasteiger partial charge in [0, 0.05) is 13.0 Å². The molecular weight excluding hydrogens is 304 g/mol. The second kappa shape index (κ2) is 7.17. The Kier molecular flexibility index (Phi) is 4.79. The van der Waals surface area contributed by atoms with Gasteiger partial charge in [-0.1, -0.05) is 48.5 Å². The lowest BCUT2D eigenvalue weighted by Gasteiger charge is -2.24. The lowest BCUT2D eigenvalue weighted by atomic mass is 10.1. The number of rotatable bonds is 4. The first-order chi connectivity index (χ1) is 11.7. The summed E-state index contributed by atoms with van der Waals surface area (Å²) >= 11 is 0. The molecule has 1 heterocycles. The van der Waals surface area contributed by atoms with Crippen molar-refractivity contribution < 1.29 is 14.3 Å². The third kappa shape index (κ3) is 3.25. The van der Waals surface area contributed by atoms with Crippen molar-refractivity contribution >= 4 is 17.7 Å². The number of benzene rings is 2. The van der Waals surface area contributed by atoms with E-state index < -0.39 is 12.1 Å². The van der Waals surface area contributed by atoms with Crippen molar-refractivity contribution in [3.8, 4) is 0 Å². The Bertz CT molecular complexity index is 730. The molecule has 24 heavy (non-hydrogen) atoms. The molecule has 0 saturated heterocycles. The molecule has 2 aromatic carbocycles. The van der Waals surface area contributed by atoms with Crippen LogP contribution in [0.4, 0.5) is 10.5 Å². The van der Waals surface area contributed by atoms with Gasteiger partial charge in [-0.15, -0.1) is 0 Å². The average Bonchev–Trinajstić information content (AvgIpc) is 3.00. The number of hydrogen-bond donors (Lipinski definition) is 1. The molecule has 0 saturated carbocycles. The van der Waals surface area contributed by atoms with E-state index in [2.05, 4.69) is 5.32 Å². The number of amides is 2. The zero-order chi connectivity index (χ0) is 16.9. The number of likely N-dealkylation sites (N-methyl/N-ethyl adjacent to an activating group) is 1. The van der Waals surface area contributed by atoms with Crippen molar-refractivity contribution in [3.05, 3.63) is 65.7 Å². The van der Waals surface area contributed by atoms with Gasteiger partial charge in [0.25, 0.3) is 0 Å². The molecule has 2 aromatic rings. The Hall–Kier alpha value is -2.82. The van der Waals surface area contributed by atoms with Crippen molar-refractivity contribution in [2.24, 2.45) is 0 Å². The highest BCUT2D eigenvalue weighted by atomic mass is 16.6. The molecular formula is C19H20N2O3. The molecule has 0 aromatic heterocycles. The number of ether oxygens (including phenoxy) is 1. The van der Waals surface area contributed by atoms with E-state index in [-0.39, 0.29) is 12.5 Å². The highest BCUT2D eigenvalue weighted by Crippen LogP contribution is 2.32. The summed E-state index contributed by atoms with van der Waals surface area (Å²) < 4.78 is 5.43. The summed E-state index contributed by atoms with van der Waals surface area (Å²) in [4.78, 5) is 26.4. The van der Waals surface area contributed by atoms with Crippen LogP contribution in [-0.2, 0) is 22.6 Å². The van der Waals surface area contributed by atoms with Crippen LogP contribution in [0.25, 0.3) is 0 Å². The summed E-state index contributed by atoms with van der Waals surface area (Å²) in [6, 6.07) is 16.5. The summed E-state index contributed by atoms with van der Waals surface area (Å²) in [5.41, 5.74) is 2.63. The van der Waals surface area contributed by atoms with Crippen LogP contribution < -0.4 is 10.2 Å². The molecule has 1 N–H and O–H groups in total. The Labute approximate surface area is 141 Å². The number of nitrogens with one attached hydrogen (secondary N) is 1. The highest BCUT2D eigenvalue weighted by Gasteiger charge is 2.38. The number of fused-ring (bicyclic) bond motifs is 1. The van der Waals surface area contributed by atoms with Crippen LogP contribution in [0, 0.1) is 0 Å². The third-order valence-electron chi connectivity index (χ3n) is 4.03. The van der Waals surface area contributed by atoms with Crippen molar-refractivity contribution in [2.75, 3.05) is 11.4 Å². The van der Waals surface area contributed by atoms with Crippen LogP contribution in [0.1, 0.15) is 18.1 Å². The zero-order valence-electron chi connectivity index (χ0n) is 13.6. The monoisotopic (exact) mass is 324 g/mol. The van der Waals surface area contributed by atoms with Crippen molar-refractivity contribution in [1.82, 2.24) is 5.32 Å². The summed E-state index contributed by atoms with van der Waals surface area (Å²) in [6.07, 6.45) is 0.00248. The van der Waals surface area contributed by atoms with Crippen LogP contribution in [0.3, 0.4) is 0 Å². The third-order valence-corrected chi connectivity index (χ3v) is 4.03. The van der Waals surface area contributed by atoms with Crippen molar-refractivity contribution in [3.63, 3.8) is 0 Å². The molecule has 5 nitrogen and oxygen atoms in total. The van der Waals surface area contributed by atoms with Crippen LogP contribution in [0.2, 0.25) is 0 Å². The quantitative estimate of drug-likeness (QED) is 0.941. The van der Waals surface area contributed by atoms with Gasteiger partial charge in [-0.2, -0.15) is 0 Å². The Morgan fingerprint density at radius 1 is 1.12 bits per heavy atom. The van der Waals surface area contributed by atoms with Gasteiger partial charge in [-0.3, -0.25) is 9.69 Å². The van der Waals surface area contributed by atoms with Gasteiger partial charge in [0.2, 0.25) is 5.91 Å². The van der Waals surface area contributed by atoms with Gasteiger partial charge in [0.1, 0.15) is 12.6 Å². The number of carbonyl (C=O) groups excluding carboxylic acids is 2. The first-order valence-corrected chi connectivity index (χ1v) is 8.06. The number of para-hydroxylation sites is 1. The molecule has 0 spiro atoms. The molecule has 0 fully saturated rings. The number of nitrogens with zero attached hydrogens (tertiary/aromatic N) is 1. The van der Waals surface area contributed by atoms with Gasteiger partial charge < -0.3 is 10.1 Å². The maximum Gasteiger partial charge on any atom is 0.415 e. The standard InChI is InChI=1S/C19H20N2O3/c1-2-20-18(22)17-12-15-10-6-7-11-16(15)21(17)19(23)24-13-14-8-4-3-5-9-14/h3-11,17H,2,12-13H2,1H3,(H,20,22)/t17-/m0/s1. The normalized spacial score (nSPS) is 15.7. The van der Waals surface area contributed by atoms with Gasteiger partial charge in [-0.05, 0) is 24.1 Å². The van der Waals surface area contributed by atoms with E-state index >= 15 is 0 Å². The van der Waals surface area contributed by atoms with E-state index in [1.807, 2.05) is 61.5 Å². The lowest BCUT2D eigenvalue weighted by molar-refractivity contribution is -0.122. The molecule has 0 bridgehead atoms. The highest BCUT2D eigenvalue weighted by molar-refractivity contribution is 6.00. The van der Waals surface area contributed by atoms with Gasteiger partial charge >= 0.3 is 6.09 Å². The van der Waals surface area contributed by atoms with E-state index in [0.717, 1.165) is 16.8 Å². The minimum absolute atomic E-state index is 0.162. The van der Waals surface area contributed by atoms with E-state index in [4.69, 9.17) is 4.74 Å². The molecule has 3 rings (SSSR count). The fraction of sp³-hybridized carbons (Fsp3) is 0.263. The topological polar surface area (TPSA) is 58.6 Å². The summed E-state index contributed by atoms with van der Waals surface area (Å²) in [6.45, 7) is 2.57. The van der Waals surface area contributed by atoms with Crippen molar-refractivity contribution in [2.45, 2.75) is 26.0 Å². The fourth-order valence-corrected chi connectivity index (χ4v) is 2.90. The minimum Gasteiger partial charge on any atom is -0.444 e. The SMILES string of the molecule is CCNC(=O)[C@@H]1Cc2ccccc2N1C(=O)OCc1ccccc1. The number of anilines is 1. The maximum absolute atomic E-state index is 12.6. The molecule has 0 radical (unpaired) electrons. The first kappa shape index (κ1) is 16.1. The molecule has 5 heteroatoms. The van der Waals surface area contributed by atoms with Crippen molar-refractivity contribution in [1.29, 1.82) is 0 Å². The summed E-state index contributed by atoms with van der Waals surface area (Å²) in [7, 11) is 0. The summed E-state index contributed by atoms with van der Waals surface area (Å²) in [5.74, 6) is -0.162.